The van der Waals surface area contributed by atoms with Gasteiger partial charge in [-0.15, -0.1) is 5.10 Å². The van der Waals surface area contributed by atoms with Crippen LogP contribution in [0.1, 0.15) is 30.9 Å². The van der Waals surface area contributed by atoms with Crippen LogP contribution in [0.15, 0.2) is 47.6 Å². The van der Waals surface area contributed by atoms with E-state index in [-0.39, 0.29) is 17.5 Å². The lowest BCUT2D eigenvalue weighted by molar-refractivity contribution is -0.113. The first-order valence-corrected chi connectivity index (χ1v) is 9.63. The van der Waals surface area contributed by atoms with Crippen molar-refractivity contribution >= 4 is 23.4 Å². The third-order valence-corrected chi connectivity index (χ3v) is 4.96. The smallest absolute Gasteiger partial charge is 0.234 e. The lowest BCUT2D eigenvalue weighted by atomic mass is 9.98. The van der Waals surface area contributed by atoms with Crippen molar-refractivity contribution in [3.8, 4) is 11.4 Å². The van der Waals surface area contributed by atoms with Crippen LogP contribution in [0.2, 0.25) is 0 Å². The van der Waals surface area contributed by atoms with Crippen molar-refractivity contribution in [1.29, 1.82) is 0 Å². The number of anilines is 1. The quantitative estimate of drug-likeness (QED) is 0.601. The van der Waals surface area contributed by atoms with Gasteiger partial charge in [0.1, 0.15) is 5.82 Å². The van der Waals surface area contributed by atoms with Crippen molar-refractivity contribution in [2.45, 2.75) is 31.8 Å². The first-order chi connectivity index (χ1) is 13.0. The summed E-state index contributed by atoms with van der Waals surface area (Å²) in [5, 5.41) is 10.2. The van der Waals surface area contributed by atoms with Gasteiger partial charge in [0.2, 0.25) is 11.1 Å². The predicted molar refractivity (Wildman–Crippen MR) is 106 cm³/mol. The minimum Gasteiger partial charge on any atom is -0.325 e. The van der Waals surface area contributed by atoms with Gasteiger partial charge in [-0.05, 0) is 36.1 Å². The van der Waals surface area contributed by atoms with E-state index in [2.05, 4.69) is 34.3 Å². The van der Waals surface area contributed by atoms with Crippen LogP contribution in [-0.2, 0) is 4.79 Å². The SMILES string of the molecule is Cc1cccc(C(C)C)c1NC(=O)CSc1n[nH]c(-c2ccccc2F)n1. The number of nitrogens with one attached hydrogen (secondary N) is 2. The number of halogens is 1. The Morgan fingerprint density at radius 1 is 1.22 bits per heavy atom. The highest BCUT2D eigenvalue weighted by Crippen LogP contribution is 2.28. The number of hydrogen-bond acceptors (Lipinski definition) is 4. The van der Waals surface area contributed by atoms with Gasteiger partial charge in [0.05, 0.1) is 11.3 Å². The van der Waals surface area contributed by atoms with Crippen molar-refractivity contribution in [3.63, 3.8) is 0 Å². The van der Waals surface area contributed by atoms with Gasteiger partial charge in [-0.2, -0.15) is 0 Å². The largest absolute Gasteiger partial charge is 0.325 e. The maximum atomic E-state index is 13.8. The van der Waals surface area contributed by atoms with Crippen LogP contribution < -0.4 is 5.32 Å². The summed E-state index contributed by atoms with van der Waals surface area (Å²) in [5.41, 5.74) is 3.34. The molecule has 3 aromatic rings. The molecule has 0 atom stereocenters. The average Bonchev–Trinajstić information content (AvgIpc) is 3.10. The second-order valence-corrected chi connectivity index (χ2v) is 7.42. The standard InChI is InChI=1S/C20H21FN4OS/c1-12(2)14-9-6-7-13(3)18(14)22-17(26)11-27-20-23-19(24-25-20)15-8-4-5-10-16(15)21/h4-10,12H,11H2,1-3H3,(H,22,26)(H,23,24,25). The van der Waals surface area contributed by atoms with Crippen molar-refractivity contribution in [2.24, 2.45) is 0 Å². The second-order valence-electron chi connectivity index (χ2n) is 6.48. The molecule has 5 nitrogen and oxygen atoms in total. The van der Waals surface area contributed by atoms with Gasteiger partial charge in [-0.3, -0.25) is 9.89 Å². The van der Waals surface area contributed by atoms with Gasteiger partial charge in [0, 0.05) is 5.69 Å². The summed E-state index contributed by atoms with van der Waals surface area (Å²) in [6.45, 7) is 6.17. The highest BCUT2D eigenvalue weighted by Gasteiger charge is 2.14. The predicted octanol–water partition coefficient (Wildman–Crippen LogP) is 4.77. The van der Waals surface area contributed by atoms with E-state index in [1.165, 1.54) is 17.8 Å². The minimum atomic E-state index is -0.372. The van der Waals surface area contributed by atoms with Crippen molar-refractivity contribution in [3.05, 3.63) is 59.4 Å². The zero-order valence-corrected chi connectivity index (χ0v) is 16.2. The normalized spacial score (nSPS) is 11.0. The summed E-state index contributed by atoms with van der Waals surface area (Å²) in [6, 6.07) is 12.3. The Balaban J connectivity index is 1.65. The molecule has 7 heteroatoms. The van der Waals surface area contributed by atoms with Crippen LogP contribution in [0.5, 0.6) is 0 Å². The second kappa shape index (κ2) is 8.35. The Morgan fingerprint density at radius 3 is 2.74 bits per heavy atom. The van der Waals surface area contributed by atoms with Crippen LogP contribution >= 0.6 is 11.8 Å². The molecule has 0 bridgehead atoms. The fourth-order valence-electron chi connectivity index (χ4n) is 2.73. The van der Waals surface area contributed by atoms with Crippen LogP contribution in [0.25, 0.3) is 11.4 Å². The van der Waals surface area contributed by atoms with E-state index in [0.717, 1.165) is 16.8 Å². The van der Waals surface area contributed by atoms with Crippen molar-refractivity contribution in [2.75, 3.05) is 11.1 Å². The summed E-state index contributed by atoms with van der Waals surface area (Å²) < 4.78 is 13.8. The van der Waals surface area contributed by atoms with Crippen molar-refractivity contribution < 1.29 is 9.18 Å². The maximum absolute atomic E-state index is 13.8. The number of aromatic nitrogens is 3. The first kappa shape index (κ1) is 19.1. The van der Waals surface area contributed by atoms with E-state index in [1.807, 2.05) is 25.1 Å². The van der Waals surface area contributed by atoms with Crippen molar-refractivity contribution in [1.82, 2.24) is 15.2 Å². The van der Waals surface area contributed by atoms with Crippen LogP contribution in [-0.4, -0.2) is 26.8 Å². The molecule has 27 heavy (non-hydrogen) atoms. The summed E-state index contributed by atoms with van der Waals surface area (Å²) >= 11 is 1.20. The van der Waals surface area contributed by atoms with Crippen LogP contribution in [0, 0.1) is 12.7 Å². The van der Waals surface area contributed by atoms with E-state index < -0.39 is 0 Å². The summed E-state index contributed by atoms with van der Waals surface area (Å²) in [5.74, 6) is 0.318. The number of aryl methyl sites for hydroxylation is 1. The molecule has 140 valence electrons. The molecule has 0 saturated heterocycles. The molecule has 0 radical (unpaired) electrons. The lowest BCUT2D eigenvalue weighted by Crippen LogP contribution is -2.16. The van der Waals surface area contributed by atoms with Gasteiger partial charge in [-0.25, -0.2) is 9.37 Å². The van der Waals surface area contributed by atoms with E-state index >= 15 is 0 Å². The highest BCUT2D eigenvalue weighted by molar-refractivity contribution is 7.99. The zero-order valence-electron chi connectivity index (χ0n) is 15.4. The molecule has 3 rings (SSSR count). The molecule has 2 N–H and O–H groups in total. The molecule has 0 fully saturated rings. The Labute approximate surface area is 161 Å². The molecule has 1 amide bonds. The molecule has 0 unspecified atom stereocenters. The van der Waals surface area contributed by atoms with Gasteiger partial charge in [0.15, 0.2) is 5.82 Å². The third kappa shape index (κ3) is 4.54. The van der Waals surface area contributed by atoms with Gasteiger partial charge >= 0.3 is 0 Å². The lowest BCUT2D eigenvalue weighted by Gasteiger charge is -2.16. The third-order valence-electron chi connectivity index (χ3n) is 4.12. The number of benzene rings is 2. The monoisotopic (exact) mass is 384 g/mol. The van der Waals surface area contributed by atoms with Gasteiger partial charge in [0.25, 0.3) is 0 Å². The molecule has 0 aliphatic heterocycles. The number of hydrogen-bond donors (Lipinski definition) is 2. The molecule has 2 aromatic carbocycles. The molecular formula is C20H21FN4OS. The molecular weight excluding hydrogens is 363 g/mol. The average molecular weight is 384 g/mol. The molecule has 0 aliphatic rings. The van der Waals surface area contributed by atoms with E-state index in [0.29, 0.717) is 22.5 Å². The molecule has 1 aromatic heterocycles. The number of aromatic amines is 1. The number of carbonyl (C=O) groups is 1. The molecule has 1 heterocycles. The highest BCUT2D eigenvalue weighted by atomic mass is 32.2. The fourth-order valence-corrected chi connectivity index (χ4v) is 3.33. The Kier molecular flexibility index (Phi) is 5.91. The Bertz CT molecular complexity index is 955. The number of nitrogens with zero attached hydrogens (tertiary/aromatic N) is 2. The number of thioether (sulfide) groups is 1. The number of rotatable bonds is 6. The van der Waals surface area contributed by atoms with Crippen LogP contribution in [0.3, 0.4) is 0 Å². The number of para-hydroxylation sites is 1. The van der Waals surface area contributed by atoms with Gasteiger partial charge < -0.3 is 5.32 Å². The topological polar surface area (TPSA) is 70.7 Å². The number of amides is 1. The van der Waals surface area contributed by atoms with E-state index in [1.54, 1.807) is 18.2 Å². The summed E-state index contributed by atoms with van der Waals surface area (Å²) in [4.78, 5) is 16.6. The van der Waals surface area contributed by atoms with E-state index in [9.17, 15) is 9.18 Å². The number of carbonyl (C=O) groups excluding carboxylic acids is 1. The first-order valence-electron chi connectivity index (χ1n) is 8.65. The fraction of sp³-hybridized carbons (Fsp3) is 0.250. The zero-order chi connectivity index (χ0) is 19.4. The van der Waals surface area contributed by atoms with E-state index in [4.69, 9.17) is 0 Å². The Morgan fingerprint density at radius 2 is 2.00 bits per heavy atom. The minimum absolute atomic E-state index is 0.131. The maximum Gasteiger partial charge on any atom is 0.234 e. The molecule has 0 saturated carbocycles. The summed E-state index contributed by atoms with van der Waals surface area (Å²) in [6.07, 6.45) is 0. The summed E-state index contributed by atoms with van der Waals surface area (Å²) in [7, 11) is 0. The van der Waals surface area contributed by atoms with Gasteiger partial charge in [-0.1, -0.05) is 55.9 Å². The van der Waals surface area contributed by atoms with Crippen LogP contribution in [0.4, 0.5) is 10.1 Å². The number of H-pyrrole nitrogens is 1. The Hall–Kier alpha value is -2.67. The molecule has 0 spiro atoms. The molecule has 0 aliphatic carbocycles.